The molecule has 2 N–H and O–H groups in total. The van der Waals surface area contributed by atoms with Crippen LogP contribution < -0.4 is 0 Å². The van der Waals surface area contributed by atoms with Crippen molar-refractivity contribution in [1.29, 1.82) is 0 Å². The van der Waals surface area contributed by atoms with Gasteiger partial charge in [-0.1, -0.05) is 25.2 Å². The van der Waals surface area contributed by atoms with Gasteiger partial charge in [0, 0.05) is 0 Å². The number of hydrogen-bond acceptors (Lipinski definition) is 4. The molecular weight excluding hydrogens is 236 g/mol. The third kappa shape index (κ3) is 6.00. The zero-order chi connectivity index (χ0) is 14.0. The summed E-state index contributed by atoms with van der Waals surface area (Å²) in [5.41, 5.74) is 0.114. The molecule has 0 bridgehead atoms. The molecule has 0 aromatic rings. The molecule has 0 fully saturated rings. The normalized spacial score (nSPS) is 12.1. The van der Waals surface area contributed by atoms with Crippen molar-refractivity contribution in [3.05, 3.63) is 36.0 Å². The predicted molar refractivity (Wildman–Crippen MR) is 67.0 cm³/mol. The van der Waals surface area contributed by atoms with E-state index >= 15 is 0 Å². The SMILES string of the molecule is C=CCC=C(COC(=O)C(=CCC)CO)C(=O)O. The van der Waals surface area contributed by atoms with Crippen molar-refractivity contribution in [2.24, 2.45) is 0 Å². The molecule has 5 heteroatoms. The van der Waals surface area contributed by atoms with Gasteiger partial charge in [-0.2, -0.15) is 0 Å². The first kappa shape index (κ1) is 16.1. The van der Waals surface area contributed by atoms with E-state index in [0.717, 1.165) is 0 Å². The highest BCUT2D eigenvalue weighted by Gasteiger charge is 2.13. The Bertz CT molecular complexity index is 366. The zero-order valence-electron chi connectivity index (χ0n) is 10.4. The molecule has 0 saturated carbocycles. The van der Waals surface area contributed by atoms with Crippen molar-refractivity contribution in [2.75, 3.05) is 13.2 Å². The maximum absolute atomic E-state index is 11.5. The van der Waals surface area contributed by atoms with E-state index in [4.69, 9.17) is 14.9 Å². The van der Waals surface area contributed by atoms with Crippen LogP contribution in [0.4, 0.5) is 0 Å². The van der Waals surface area contributed by atoms with Gasteiger partial charge in [-0.3, -0.25) is 0 Å². The Morgan fingerprint density at radius 1 is 1.28 bits per heavy atom. The number of carbonyl (C=O) groups excluding carboxylic acids is 1. The summed E-state index contributed by atoms with van der Waals surface area (Å²) < 4.78 is 4.82. The average Bonchev–Trinajstić information content (AvgIpc) is 2.35. The second-order valence-electron chi connectivity index (χ2n) is 3.43. The summed E-state index contributed by atoms with van der Waals surface area (Å²) >= 11 is 0. The van der Waals surface area contributed by atoms with E-state index < -0.39 is 18.5 Å². The van der Waals surface area contributed by atoms with Gasteiger partial charge in [-0.15, -0.1) is 6.58 Å². The molecule has 0 unspecified atom stereocenters. The monoisotopic (exact) mass is 254 g/mol. The molecule has 0 aliphatic carbocycles. The quantitative estimate of drug-likeness (QED) is 0.389. The molecule has 5 nitrogen and oxygen atoms in total. The van der Waals surface area contributed by atoms with E-state index in [1.165, 1.54) is 12.2 Å². The Kier molecular flexibility index (Phi) is 8.22. The molecule has 0 atom stereocenters. The zero-order valence-corrected chi connectivity index (χ0v) is 10.4. The molecule has 0 aliphatic rings. The van der Waals surface area contributed by atoms with E-state index in [1.807, 2.05) is 6.92 Å². The van der Waals surface area contributed by atoms with Crippen molar-refractivity contribution >= 4 is 11.9 Å². The number of carboxylic acids is 1. The first-order valence-electron chi connectivity index (χ1n) is 5.57. The Morgan fingerprint density at radius 3 is 2.39 bits per heavy atom. The lowest BCUT2D eigenvalue weighted by molar-refractivity contribution is -0.140. The Hall–Kier alpha value is -1.88. The van der Waals surface area contributed by atoms with Gasteiger partial charge in [0.2, 0.25) is 0 Å². The minimum Gasteiger partial charge on any atom is -0.478 e. The largest absolute Gasteiger partial charge is 0.478 e. The minimum atomic E-state index is -1.14. The molecule has 0 saturated heterocycles. The van der Waals surface area contributed by atoms with Crippen molar-refractivity contribution in [3.8, 4) is 0 Å². The second kappa shape index (κ2) is 9.18. The lowest BCUT2D eigenvalue weighted by Gasteiger charge is -2.06. The van der Waals surface area contributed by atoms with Crippen LogP contribution in [0.5, 0.6) is 0 Å². The Morgan fingerprint density at radius 2 is 1.94 bits per heavy atom. The van der Waals surface area contributed by atoms with Crippen molar-refractivity contribution in [2.45, 2.75) is 19.8 Å². The predicted octanol–water partition coefficient (Wildman–Crippen LogP) is 1.45. The summed E-state index contributed by atoms with van der Waals surface area (Å²) in [6.07, 6.45) is 5.47. The van der Waals surface area contributed by atoms with Gasteiger partial charge in [0.1, 0.15) is 6.61 Å². The van der Waals surface area contributed by atoms with E-state index in [9.17, 15) is 9.59 Å². The fraction of sp³-hybridized carbons (Fsp3) is 0.385. The van der Waals surface area contributed by atoms with Gasteiger partial charge in [0.15, 0.2) is 0 Å². The van der Waals surface area contributed by atoms with Crippen LogP contribution in [-0.4, -0.2) is 35.4 Å². The number of allylic oxidation sites excluding steroid dienone is 3. The van der Waals surface area contributed by atoms with Gasteiger partial charge in [-0.25, -0.2) is 9.59 Å². The number of esters is 1. The van der Waals surface area contributed by atoms with E-state index in [0.29, 0.717) is 12.8 Å². The average molecular weight is 254 g/mol. The van der Waals surface area contributed by atoms with Gasteiger partial charge in [-0.05, 0) is 12.8 Å². The molecule has 18 heavy (non-hydrogen) atoms. The number of rotatable bonds is 8. The minimum absolute atomic E-state index is 0.0166. The van der Waals surface area contributed by atoms with Gasteiger partial charge in [0.25, 0.3) is 0 Å². The van der Waals surface area contributed by atoms with Crippen LogP contribution in [0.15, 0.2) is 36.0 Å². The third-order valence-electron chi connectivity index (χ3n) is 2.05. The number of aliphatic hydroxyl groups is 1. The summed E-state index contributed by atoms with van der Waals surface area (Å²) in [7, 11) is 0. The summed E-state index contributed by atoms with van der Waals surface area (Å²) in [5.74, 6) is -1.85. The standard InChI is InChI=1S/C13H18O5/c1-3-5-7-11(12(15)16)9-18-13(17)10(8-14)6-4-2/h3,6-7,14H,1,4-5,8-9H2,2H3,(H,15,16). The highest BCUT2D eigenvalue weighted by molar-refractivity contribution is 5.90. The van der Waals surface area contributed by atoms with Crippen LogP contribution in [0.3, 0.4) is 0 Å². The summed E-state index contributed by atoms with van der Waals surface area (Å²) in [5, 5.41) is 17.8. The molecule has 0 aromatic heterocycles. The van der Waals surface area contributed by atoms with Gasteiger partial charge in [0.05, 0.1) is 17.8 Å². The Labute approximate surface area is 106 Å². The molecule has 0 heterocycles. The van der Waals surface area contributed by atoms with Crippen molar-refractivity contribution in [1.82, 2.24) is 0 Å². The van der Waals surface area contributed by atoms with Crippen LogP contribution in [-0.2, 0) is 14.3 Å². The molecule has 0 aliphatic heterocycles. The van der Waals surface area contributed by atoms with Crippen LogP contribution >= 0.6 is 0 Å². The summed E-state index contributed by atoms with van der Waals surface area (Å²) in [6.45, 7) is 4.53. The number of hydrogen-bond donors (Lipinski definition) is 2. The van der Waals surface area contributed by atoms with E-state index in [1.54, 1.807) is 6.08 Å². The fourth-order valence-corrected chi connectivity index (χ4v) is 1.13. The third-order valence-corrected chi connectivity index (χ3v) is 2.05. The maximum atomic E-state index is 11.5. The van der Waals surface area contributed by atoms with Gasteiger partial charge >= 0.3 is 11.9 Å². The topological polar surface area (TPSA) is 83.8 Å². The first-order valence-corrected chi connectivity index (χ1v) is 5.57. The number of ether oxygens (including phenoxy) is 1. The second-order valence-corrected chi connectivity index (χ2v) is 3.43. The number of carbonyl (C=O) groups is 2. The van der Waals surface area contributed by atoms with E-state index in [2.05, 4.69) is 6.58 Å². The molecule has 0 rings (SSSR count). The highest BCUT2D eigenvalue weighted by Crippen LogP contribution is 2.04. The molecule has 0 spiro atoms. The van der Waals surface area contributed by atoms with Crippen LogP contribution in [0, 0.1) is 0 Å². The van der Waals surface area contributed by atoms with Crippen LogP contribution in [0.25, 0.3) is 0 Å². The van der Waals surface area contributed by atoms with E-state index in [-0.39, 0.29) is 17.8 Å². The number of aliphatic hydroxyl groups excluding tert-OH is 1. The van der Waals surface area contributed by atoms with Crippen LogP contribution in [0.2, 0.25) is 0 Å². The number of carboxylic acid groups (broad SMARTS) is 1. The molecular formula is C13H18O5. The smallest absolute Gasteiger partial charge is 0.336 e. The highest BCUT2D eigenvalue weighted by atomic mass is 16.5. The molecule has 0 radical (unpaired) electrons. The summed E-state index contributed by atoms with van der Waals surface area (Å²) in [4.78, 5) is 22.3. The van der Waals surface area contributed by atoms with Crippen molar-refractivity contribution < 1.29 is 24.5 Å². The summed E-state index contributed by atoms with van der Waals surface area (Å²) in [6, 6.07) is 0. The molecule has 0 aromatic carbocycles. The molecule has 100 valence electrons. The van der Waals surface area contributed by atoms with Gasteiger partial charge < -0.3 is 14.9 Å². The number of aliphatic carboxylic acids is 1. The lowest BCUT2D eigenvalue weighted by Crippen LogP contribution is -2.16. The molecule has 0 amide bonds. The van der Waals surface area contributed by atoms with Crippen molar-refractivity contribution in [3.63, 3.8) is 0 Å². The maximum Gasteiger partial charge on any atom is 0.336 e. The fourth-order valence-electron chi connectivity index (χ4n) is 1.13. The Balaban J connectivity index is 4.53. The lowest BCUT2D eigenvalue weighted by atomic mass is 10.2. The first-order chi connectivity index (χ1) is 8.56. The van der Waals surface area contributed by atoms with Crippen LogP contribution in [0.1, 0.15) is 19.8 Å².